The van der Waals surface area contributed by atoms with Gasteiger partial charge < -0.3 is 23.0 Å². The number of phosphoric acid groups is 1. The number of carbonyl (C=O) groups is 2. The number of hydrogen-bond donors (Lipinski definition) is 0. The average molecular weight is 733 g/mol. The lowest BCUT2D eigenvalue weighted by molar-refractivity contribution is -0.153. The van der Waals surface area contributed by atoms with Crippen molar-refractivity contribution in [3.8, 4) is 17.2 Å². The maximum Gasteiger partial charge on any atom is 0.646 e. The lowest BCUT2D eigenvalue weighted by Crippen LogP contribution is -2.61. The Balaban J connectivity index is 1.23. The number of ether oxygens (including phenoxy) is 2. The highest BCUT2D eigenvalue weighted by Crippen LogP contribution is 2.53. The van der Waals surface area contributed by atoms with Crippen molar-refractivity contribution in [1.29, 1.82) is 0 Å². The maximum atomic E-state index is 14.5. The fraction of sp³-hybridized carbons (Fsp3) is 0.125. The number of carbonyl (C=O) groups excluding carboxylic acids is 2. The van der Waals surface area contributed by atoms with Gasteiger partial charge in [-0.05, 0) is 54.4 Å². The van der Waals surface area contributed by atoms with Crippen LogP contribution in [0.3, 0.4) is 0 Å². The van der Waals surface area contributed by atoms with E-state index in [-0.39, 0.29) is 29.6 Å². The second kappa shape index (κ2) is 15.6. The van der Waals surface area contributed by atoms with Gasteiger partial charge in [0.15, 0.2) is 17.8 Å². The van der Waals surface area contributed by atoms with Crippen LogP contribution in [0.15, 0.2) is 168 Å². The number of esters is 1. The zero-order chi connectivity index (χ0) is 35.9. The van der Waals surface area contributed by atoms with Crippen LogP contribution in [0.25, 0.3) is 0 Å². The van der Waals surface area contributed by atoms with E-state index >= 15 is 0 Å². The molecule has 5 aromatic carbocycles. The molecule has 0 aliphatic carbocycles. The molecule has 0 spiro atoms. The first-order valence-electron chi connectivity index (χ1n) is 16.4. The van der Waals surface area contributed by atoms with Crippen molar-refractivity contribution in [2.75, 3.05) is 6.61 Å². The number of hydrogen-bond acceptors (Lipinski definition) is 10. The molecule has 52 heavy (non-hydrogen) atoms. The number of phosphoric ester groups is 1. The Kier molecular flexibility index (Phi) is 10.4. The number of nitrogens with zero attached hydrogens (tertiary/aromatic N) is 2. The Labute approximate surface area is 305 Å². The second-order valence-corrected chi connectivity index (χ2v) is 14.3. The fourth-order valence-corrected chi connectivity index (χ4v) is 8.12. The Hall–Kier alpha value is -5.77. The number of para-hydroxylation sites is 3. The van der Waals surface area contributed by atoms with Crippen LogP contribution in [0.5, 0.6) is 17.2 Å². The number of aliphatic imine (C=N–C) groups is 1. The van der Waals surface area contributed by atoms with Crippen molar-refractivity contribution in [3.05, 3.63) is 174 Å². The second-order valence-electron chi connectivity index (χ2n) is 11.6. The molecule has 2 heterocycles. The molecule has 0 bridgehead atoms. The van der Waals surface area contributed by atoms with Crippen molar-refractivity contribution in [2.45, 2.75) is 24.4 Å². The van der Waals surface area contributed by atoms with Crippen LogP contribution in [0.2, 0.25) is 0 Å². The molecule has 1 saturated heterocycles. The molecule has 0 aromatic heterocycles. The van der Waals surface area contributed by atoms with Gasteiger partial charge in [0.1, 0.15) is 40.0 Å². The van der Waals surface area contributed by atoms with E-state index in [4.69, 9.17) is 23.0 Å². The predicted octanol–water partition coefficient (Wildman–Crippen LogP) is 8.59. The lowest BCUT2D eigenvalue weighted by atomic mass is 10.0. The van der Waals surface area contributed by atoms with Crippen molar-refractivity contribution in [2.24, 2.45) is 4.99 Å². The molecule has 1 fully saturated rings. The van der Waals surface area contributed by atoms with E-state index in [0.29, 0.717) is 21.9 Å². The van der Waals surface area contributed by atoms with E-state index in [1.807, 2.05) is 91.0 Å². The Morgan fingerprint density at radius 1 is 0.731 bits per heavy atom. The van der Waals surface area contributed by atoms with Gasteiger partial charge in [-0.25, -0.2) is 4.79 Å². The van der Waals surface area contributed by atoms with Crippen LogP contribution < -0.4 is 13.8 Å². The number of β-lactam (4-membered cyclic amide) rings is 1. The summed E-state index contributed by atoms with van der Waals surface area (Å²) in [7, 11) is -4.55. The largest absolute Gasteiger partial charge is 0.646 e. The van der Waals surface area contributed by atoms with Crippen molar-refractivity contribution in [1.82, 2.24) is 4.90 Å². The first-order chi connectivity index (χ1) is 25.4. The third-order valence-electron chi connectivity index (χ3n) is 8.03. The topological polar surface area (TPSA) is 113 Å². The smallest absolute Gasteiger partial charge is 0.487 e. The average Bonchev–Trinajstić information content (AvgIpc) is 3.56. The van der Waals surface area contributed by atoms with Gasteiger partial charge in [-0.15, -0.1) is 0 Å². The van der Waals surface area contributed by atoms with Gasteiger partial charge >= 0.3 is 13.8 Å². The highest BCUT2D eigenvalue weighted by Gasteiger charge is 2.56. The Morgan fingerprint density at radius 3 is 1.69 bits per heavy atom. The molecular weight excluding hydrogens is 699 g/mol. The molecule has 10 nitrogen and oxygen atoms in total. The molecule has 2 unspecified atom stereocenters. The van der Waals surface area contributed by atoms with E-state index in [9.17, 15) is 14.2 Å². The summed E-state index contributed by atoms with van der Waals surface area (Å²) in [6.45, 7) is 1.56. The SMILES string of the molecule is CC(OP(=O)(Oc1ccccc1)Oc1ccccc1)=C(C(=O)OC(c1ccccc1)c1ccccc1)N1C(=O)C2N=C(COc3ccccc3)SC21. The maximum absolute atomic E-state index is 14.5. The fourth-order valence-electron chi connectivity index (χ4n) is 5.63. The van der Waals surface area contributed by atoms with E-state index in [0.717, 1.165) is 0 Å². The molecule has 0 N–H and O–H groups in total. The van der Waals surface area contributed by atoms with Crippen LogP contribution in [-0.2, 0) is 23.4 Å². The van der Waals surface area contributed by atoms with Crippen LogP contribution in [0.1, 0.15) is 24.2 Å². The summed E-state index contributed by atoms with van der Waals surface area (Å²) >= 11 is 1.29. The summed E-state index contributed by atoms with van der Waals surface area (Å²) < 4.78 is 44.3. The molecular formula is C40H33N2O8PS. The van der Waals surface area contributed by atoms with Crippen LogP contribution in [-0.4, -0.2) is 39.8 Å². The normalized spacial score (nSPS) is 16.9. The van der Waals surface area contributed by atoms with Gasteiger partial charge in [0, 0.05) is 0 Å². The highest BCUT2D eigenvalue weighted by molar-refractivity contribution is 8.15. The number of allylic oxidation sites excluding steroid dienone is 1. The van der Waals surface area contributed by atoms with Gasteiger partial charge in [-0.1, -0.05) is 127 Å². The predicted molar refractivity (Wildman–Crippen MR) is 198 cm³/mol. The summed E-state index contributed by atoms with van der Waals surface area (Å²) in [5.41, 5.74) is 1.15. The molecule has 0 radical (unpaired) electrons. The van der Waals surface area contributed by atoms with E-state index in [2.05, 4.69) is 4.99 Å². The summed E-state index contributed by atoms with van der Waals surface area (Å²) in [6.07, 6.45) is -0.847. The lowest BCUT2D eigenvalue weighted by Gasteiger charge is -2.42. The third-order valence-corrected chi connectivity index (χ3v) is 10.6. The van der Waals surface area contributed by atoms with Crippen LogP contribution in [0.4, 0.5) is 0 Å². The van der Waals surface area contributed by atoms with Crippen LogP contribution >= 0.6 is 19.6 Å². The van der Waals surface area contributed by atoms with Gasteiger partial charge in [0.2, 0.25) is 0 Å². The molecule has 5 aromatic rings. The zero-order valence-corrected chi connectivity index (χ0v) is 29.6. The Bertz CT molecular complexity index is 2040. The van der Waals surface area contributed by atoms with Gasteiger partial charge in [0.05, 0.1) is 0 Å². The number of benzene rings is 5. The van der Waals surface area contributed by atoms with Crippen LogP contribution in [0, 0.1) is 0 Å². The minimum atomic E-state index is -4.55. The molecule has 2 aliphatic heterocycles. The minimum Gasteiger partial charge on any atom is -0.487 e. The molecule has 7 rings (SSSR count). The van der Waals surface area contributed by atoms with E-state index in [1.54, 1.807) is 60.7 Å². The molecule has 1 amide bonds. The first kappa shape index (κ1) is 34.7. The number of likely N-dealkylation sites (tertiary alicyclic amines) is 1. The third kappa shape index (κ3) is 7.91. The first-order valence-corrected chi connectivity index (χ1v) is 18.8. The van der Waals surface area contributed by atoms with Crippen molar-refractivity contribution in [3.63, 3.8) is 0 Å². The number of rotatable bonds is 14. The summed E-state index contributed by atoms with van der Waals surface area (Å²) in [5, 5.41) is -0.0303. The van der Waals surface area contributed by atoms with Gasteiger partial charge in [-0.2, -0.15) is 4.57 Å². The molecule has 0 saturated carbocycles. The monoisotopic (exact) mass is 732 g/mol. The van der Waals surface area contributed by atoms with Gasteiger partial charge in [-0.3, -0.25) is 14.7 Å². The summed E-state index contributed by atoms with van der Waals surface area (Å²) in [4.78, 5) is 34.2. The Morgan fingerprint density at radius 2 is 1.19 bits per heavy atom. The highest BCUT2D eigenvalue weighted by atomic mass is 32.2. The quantitative estimate of drug-likeness (QED) is 0.0364. The number of fused-ring (bicyclic) bond motifs is 1. The summed E-state index contributed by atoms with van der Waals surface area (Å²) in [6, 6.07) is 43.7. The molecule has 262 valence electrons. The minimum absolute atomic E-state index is 0.136. The molecule has 2 aliphatic rings. The standard InChI is InChI=1S/C40H33N2O8PS/c1-28(48-51(45,49-32-23-13-5-14-24-32)50-33-25-15-6-16-26-33)36(40(44)47-37(29-17-7-2-8-18-29)30-19-9-3-10-20-30)42-38(43)35-39(42)52-34(41-35)27-46-31-21-11-4-12-22-31/h2-26,35,37,39H,27H2,1H3. The van der Waals surface area contributed by atoms with E-state index < -0.39 is 37.2 Å². The van der Waals surface area contributed by atoms with E-state index in [1.165, 1.54) is 23.6 Å². The molecule has 2 atom stereocenters. The zero-order valence-electron chi connectivity index (χ0n) is 27.9. The summed E-state index contributed by atoms with van der Waals surface area (Å²) in [5.74, 6) is -0.489. The number of thioether (sulfide) groups is 1. The number of amides is 1. The van der Waals surface area contributed by atoms with Gasteiger partial charge in [0.25, 0.3) is 5.91 Å². The molecule has 12 heteroatoms. The van der Waals surface area contributed by atoms with Crippen molar-refractivity contribution < 1.29 is 37.2 Å². The van der Waals surface area contributed by atoms with Crippen molar-refractivity contribution >= 4 is 36.5 Å².